The zero-order chi connectivity index (χ0) is 13.3. The van der Waals surface area contributed by atoms with Crippen molar-refractivity contribution in [1.29, 1.82) is 0 Å². The van der Waals surface area contributed by atoms with Crippen molar-refractivity contribution in [1.82, 2.24) is 9.88 Å². The second-order valence-electron chi connectivity index (χ2n) is 3.96. The van der Waals surface area contributed by atoms with E-state index in [1.54, 1.807) is 13.2 Å². The molecule has 0 spiro atoms. The average Bonchev–Trinajstić information content (AvgIpc) is 2.72. The smallest absolute Gasteiger partial charge is 0.255 e. The van der Waals surface area contributed by atoms with Crippen LogP contribution in [0.4, 0.5) is 0 Å². The van der Waals surface area contributed by atoms with E-state index in [0.29, 0.717) is 12.1 Å². The van der Waals surface area contributed by atoms with E-state index in [0.717, 1.165) is 19.8 Å². The van der Waals surface area contributed by atoms with Crippen LogP contribution in [0.25, 0.3) is 10.9 Å². The van der Waals surface area contributed by atoms with Crippen LogP contribution in [0.2, 0.25) is 0 Å². The van der Waals surface area contributed by atoms with Crippen molar-refractivity contribution in [3.05, 3.63) is 32.8 Å². The highest BCUT2D eigenvalue weighted by atomic mass is 79.9. The Morgan fingerprint density at radius 2 is 2.06 bits per heavy atom. The van der Waals surface area contributed by atoms with Gasteiger partial charge in [-0.15, -0.1) is 0 Å². The third kappa shape index (κ3) is 2.46. The number of carbonyl (C=O) groups is 1. The van der Waals surface area contributed by atoms with Crippen molar-refractivity contribution in [3.8, 4) is 0 Å². The number of carbonyl (C=O) groups excluding carboxylic acids is 1. The number of hydrogen-bond acceptors (Lipinski definition) is 2. The Balaban J connectivity index is 2.46. The Hall–Kier alpha value is -0.850. The first-order valence-electron chi connectivity index (χ1n) is 5.37. The highest BCUT2D eigenvalue weighted by molar-refractivity contribution is 9.13. The van der Waals surface area contributed by atoms with Crippen LogP contribution < -0.4 is 0 Å². The summed E-state index contributed by atoms with van der Waals surface area (Å²) in [5, 5.41) is 9.72. The van der Waals surface area contributed by atoms with E-state index in [9.17, 15) is 4.79 Å². The lowest BCUT2D eigenvalue weighted by atomic mass is 10.1. The topological polar surface area (TPSA) is 56.3 Å². The minimum Gasteiger partial charge on any atom is -0.395 e. The Labute approximate surface area is 121 Å². The van der Waals surface area contributed by atoms with Gasteiger partial charge in [0.1, 0.15) is 0 Å². The molecule has 0 fully saturated rings. The number of halogens is 2. The molecule has 0 unspecified atom stereocenters. The number of fused-ring (bicyclic) bond motifs is 1. The first-order valence-corrected chi connectivity index (χ1v) is 6.95. The molecular formula is C12H12Br2N2O2. The molecule has 2 N–H and O–H groups in total. The molecule has 0 radical (unpaired) electrons. The summed E-state index contributed by atoms with van der Waals surface area (Å²) in [5.41, 5.74) is 1.50. The van der Waals surface area contributed by atoms with E-state index >= 15 is 0 Å². The number of aliphatic hydroxyl groups is 1. The van der Waals surface area contributed by atoms with Gasteiger partial charge in [0.25, 0.3) is 5.91 Å². The zero-order valence-electron chi connectivity index (χ0n) is 9.70. The van der Waals surface area contributed by atoms with Crippen LogP contribution in [0.1, 0.15) is 10.4 Å². The number of benzene rings is 1. The third-order valence-electron chi connectivity index (χ3n) is 2.74. The summed E-state index contributed by atoms with van der Waals surface area (Å²) in [7, 11) is 1.67. The summed E-state index contributed by atoms with van der Waals surface area (Å²) < 4.78 is 1.83. The predicted molar refractivity (Wildman–Crippen MR) is 77.7 cm³/mol. The molecule has 0 saturated heterocycles. The normalized spacial score (nSPS) is 10.9. The van der Waals surface area contributed by atoms with E-state index in [1.807, 2.05) is 12.1 Å². The summed E-state index contributed by atoms with van der Waals surface area (Å²) in [6.45, 7) is 0.281. The lowest BCUT2D eigenvalue weighted by Crippen LogP contribution is -2.29. The van der Waals surface area contributed by atoms with Crippen LogP contribution in [-0.4, -0.2) is 41.1 Å². The van der Waals surface area contributed by atoms with E-state index in [4.69, 9.17) is 5.11 Å². The Morgan fingerprint density at radius 3 is 2.72 bits per heavy atom. The molecule has 4 nitrogen and oxygen atoms in total. The molecule has 0 saturated carbocycles. The van der Waals surface area contributed by atoms with Gasteiger partial charge in [-0.25, -0.2) is 0 Å². The molecule has 1 amide bonds. The van der Waals surface area contributed by atoms with Crippen LogP contribution in [0.15, 0.2) is 27.3 Å². The highest BCUT2D eigenvalue weighted by Crippen LogP contribution is 2.30. The highest BCUT2D eigenvalue weighted by Gasteiger charge is 2.16. The fourth-order valence-corrected chi connectivity index (χ4v) is 2.44. The largest absolute Gasteiger partial charge is 0.395 e. The van der Waals surface area contributed by atoms with Crippen molar-refractivity contribution >= 4 is 48.7 Å². The monoisotopic (exact) mass is 374 g/mol. The number of likely N-dealkylation sites (N-methyl/N-ethyl adjacent to an activating group) is 1. The second-order valence-corrected chi connectivity index (χ2v) is 5.67. The lowest BCUT2D eigenvalue weighted by Gasteiger charge is -2.14. The maximum Gasteiger partial charge on any atom is 0.255 e. The molecule has 1 aromatic carbocycles. The van der Waals surface area contributed by atoms with Gasteiger partial charge in [-0.3, -0.25) is 4.79 Å². The lowest BCUT2D eigenvalue weighted by molar-refractivity contribution is 0.0769. The number of aromatic amines is 1. The number of amides is 1. The van der Waals surface area contributed by atoms with Crippen LogP contribution in [-0.2, 0) is 0 Å². The minimum atomic E-state index is -0.107. The minimum absolute atomic E-state index is 0.0418. The van der Waals surface area contributed by atoms with Crippen molar-refractivity contribution in [3.63, 3.8) is 0 Å². The predicted octanol–water partition coefficient (Wildman–Crippen LogP) is 2.76. The quantitative estimate of drug-likeness (QED) is 0.866. The molecule has 18 heavy (non-hydrogen) atoms. The average molecular weight is 376 g/mol. The Morgan fingerprint density at radius 1 is 1.39 bits per heavy atom. The number of H-pyrrole nitrogens is 1. The SMILES string of the molecule is CN(CCO)C(=O)c1c[nH]c2cc(Br)c(Br)cc12. The molecular weight excluding hydrogens is 364 g/mol. The maximum absolute atomic E-state index is 12.2. The molecule has 1 aromatic heterocycles. The molecule has 0 bridgehead atoms. The first kappa shape index (κ1) is 13.6. The molecule has 2 rings (SSSR count). The van der Waals surface area contributed by atoms with Gasteiger partial charge in [0.05, 0.1) is 12.2 Å². The summed E-state index contributed by atoms with van der Waals surface area (Å²) in [6, 6.07) is 3.82. The van der Waals surface area contributed by atoms with Crippen LogP contribution in [0.3, 0.4) is 0 Å². The first-order chi connectivity index (χ1) is 8.54. The summed E-state index contributed by atoms with van der Waals surface area (Å²) >= 11 is 6.85. The van der Waals surface area contributed by atoms with Gasteiger partial charge in [-0.05, 0) is 44.0 Å². The summed E-state index contributed by atoms with van der Waals surface area (Å²) in [5.74, 6) is -0.107. The summed E-state index contributed by atoms with van der Waals surface area (Å²) in [6.07, 6.45) is 1.69. The van der Waals surface area contributed by atoms with Gasteiger partial charge in [0, 0.05) is 39.6 Å². The molecule has 0 aliphatic carbocycles. The molecule has 96 valence electrons. The number of nitrogens with zero attached hydrogens (tertiary/aromatic N) is 1. The fraction of sp³-hybridized carbons (Fsp3) is 0.250. The van der Waals surface area contributed by atoms with Gasteiger partial charge in [-0.2, -0.15) is 0 Å². The molecule has 0 aliphatic heterocycles. The van der Waals surface area contributed by atoms with Crippen LogP contribution in [0.5, 0.6) is 0 Å². The standard InChI is InChI=1S/C12H12Br2N2O2/c1-16(2-3-17)12(18)8-6-15-11-5-10(14)9(13)4-7(8)11/h4-6,15,17H,2-3H2,1H3. The molecule has 0 atom stereocenters. The van der Waals surface area contributed by atoms with E-state index in [-0.39, 0.29) is 12.5 Å². The number of aromatic nitrogens is 1. The van der Waals surface area contributed by atoms with Gasteiger partial charge < -0.3 is 15.0 Å². The molecule has 0 aliphatic rings. The van der Waals surface area contributed by atoms with Crippen molar-refractivity contribution in [2.24, 2.45) is 0 Å². The van der Waals surface area contributed by atoms with Crippen molar-refractivity contribution < 1.29 is 9.90 Å². The third-order valence-corrected chi connectivity index (χ3v) is 4.58. The van der Waals surface area contributed by atoms with E-state index in [2.05, 4.69) is 36.8 Å². The second kappa shape index (κ2) is 5.42. The van der Waals surface area contributed by atoms with Gasteiger partial charge in [0.15, 0.2) is 0 Å². The summed E-state index contributed by atoms with van der Waals surface area (Å²) in [4.78, 5) is 16.7. The van der Waals surface area contributed by atoms with Gasteiger partial charge >= 0.3 is 0 Å². The maximum atomic E-state index is 12.2. The van der Waals surface area contributed by atoms with Gasteiger partial charge in [0.2, 0.25) is 0 Å². The van der Waals surface area contributed by atoms with E-state index < -0.39 is 0 Å². The molecule has 6 heteroatoms. The van der Waals surface area contributed by atoms with Crippen molar-refractivity contribution in [2.75, 3.05) is 20.2 Å². The Bertz CT molecular complexity index is 595. The fourth-order valence-electron chi connectivity index (χ4n) is 1.75. The number of aliphatic hydroxyl groups excluding tert-OH is 1. The van der Waals surface area contributed by atoms with Crippen molar-refractivity contribution in [2.45, 2.75) is 0 Å². The number of nitrogens with one attached hydrogen (secondary N) is 1. The number of hydrogen-bond donors (Lipinski definition) is 2. The molecule has 1 heterocycles. The van der Waals surface area contributed by atoms with Crippen LogP contribution in [0, 0.1) is 0 Å². The zero-order valence-corrected chi connectivity index (χ0v) is 12.9. The Kier molecular flexibility index (Phi) is 4.09. The van der Waals surface area contributed by atoms with E-state index in [1.165, 1.54) is 4.90 Å². The number of rotatable bonds is 3. The van der Waals surface area contributed by atoms with Crippen LogP contribution >= 0.6 is 31.9 Å². The molecule has 2 aromatic rings. The van der Waals surface area contributed by atoms with Gasteiger partial charge in [-0.1, -0.05) is 0 Å².